The van der Waals surface area contributed by atoms with Gasteiger partial charge in [-0.3, -0.25) is 9.63 Å². The standard InChI is InChI=1S/C11H19NO2/c1-2-14-12-11(13)7-10-6-8-3-4-9(10)5-8/h8-10H,2-7H2,1H3,(H,12,13)/t8-,9-,10+/m1/s1. The first-order valence-electron chi connectivity index (χ1n) is 5.70. The smallest absolute Gasteiger partial charge is 0.243 e. The lowest BCUT2D eigenvalue weighted by molar-refractivity contribution is -0.134. The van der Waals surface area contributed by atoms with Crippen molar-refractivity contribution in [3.63, 3.8) is 0 Å². The molecule has 2 saturated carbocycles. The predicted octanol–water partition coefficient (Wildman–Crippen LogP) is 1.88. The highest BCUT2D eigenvalue weighted by molar-refractivity contribution is 5.75. The van der Waals surface area contributed by atoms with E-state index in [0.29, 0.717) is 18.9 Å². The molecular weight excluding hydrogens is 178 g/mol. The highest BCUT2D eigenvalue weighted by Crippen LogP contribution is 2.49. The molecule has 2 bridgehead atoms. The average Bonchev–Trinajstić information content (AvgIpc) is 2.76. The van der Waals surface area contributed by atoms with Crippen LogP contribution in [0.1, 0.15) is 39.0 Å². The summed E-state index contributed by atoms with van der Waals surface area (Å²) >= 11 is 0. The maximum Gasteiger partial charge on any atom is 0.243 e. The van der Waals surface area contributed by atoms with Crippen molar-refractivity contribution in [3.05, 3.63) is 0 Å². The fourth-order valence-electron chi connectivity index (χ4n) is 3.06. The molecule has 2 fully saturated rings. The Morgan fingerprint density at radius 3 is 2.86 bits per heavy atom. The lowest BCUT2D eigenvalue weighted by Gasteiger charge is -2.20. The van der Waals surface area contributed by atoms with Crippen LogP contribution < -0.4 is 5.48 Å². The lowest BCUT2D eigenvalue weighted by atomic mass is 9.86. The number of hydrogen-bond acceptors (Lipinski definition) is 2. The Hall–Kier alpha value is -0.570. The van der Waals surface area contributed by atoms with E-state index >= 15 is 0 Å². The molecule has 0 unspecified atom stereocenters. The number of rotatable bonds is 4. The number of hydroxylamine groups is 1. The molecule has 2 aliphatic rings. The molecule has 0 aromatic rings. The zero-order valence-electron chi connectivity index (χ0n) is 8.79. The van der Waals surface area contributed by atoms with Gasteiger partial charge in [0.25, 0.3) is 0 Å². The van der Waals surface area contributed by atoms with E-state index in [4.69, 9.17) is 4.84 Å². The minimum atomic E-state index is 0.0596. The van der Waals surface area contributed by atoms with Crippen LogP contribution in [-0.2, 0) is 9.63 Å². The first-order valence-corrected chi connectivity index (χ1v) is 5.70. The molecule has 1 N–H and O–H groups in total. The first kappa shape index (κ1) is 9.97. The molecule has 80 valence electrons. The average molecular weight is 197 g/mol. The van der Waals surface area contributed by atoms with E-state index in [-0.39, 0.29) is 5.91 Å². The Kier molecular flexibility index (Phi) is 3.06. The van der Waals surface area contributed by atoms with Crippen molar-refractivity contribution in [1.82, 2.24) is 5.48 Å². The van der Waals surface area contributed by atoms with Crippen molar-refractivity contribution in [2.75, 3.05) is 6.61 Å². The SMILES string of the molecule is CCONC(=O)C[C@@H]1C[C@@H]2CC[C@@H]1C2. The molecule has 0 spiro atoms. The molecule has 0 radical (unpaired) electrons. The molecule has 0 aliphatic heterocycles. The maximum atomic E-state index is 11.4. The monoisotopic (exact) mass is 197 g/mol. The Balaban J connectivity index is 1.73. The van der Waals surface area contributed by atoms with Crippen LogP contribution in [0.15, 0.2) is 0 Å². The second-order valence-corrected chi connectivity index (χ2v) is 4.60. The van der Waals surface area contributed by atoms with Gasteiger partial charge in [0.2, 0.25) is 5.91 Å². The van der Waals surface area contributed by atoms with Gasteiger partial charge in [0, 0.05) is 6.42 Å². The second kappa shape index (κ2) is 4.30. The van der Waals surface area contributed by atoms with Gasteiger partial charge >= 0.3 is 0 Å². The third-order valence-electron chi connectivity index (χ3n) is 3.66. The molecule has 3 nitrogen and oxygen atoms in total. The van der Waals surface area contributed by atoms with Gasteiger partial charge in [-0.2, -0.15) is 0 Å². The summed E-state index contributed by atoms with van der Waals surface area (Å²) in [7, 11) is 0. The van der Waals surface area contributed by atoms with Gasteiger partial charge in [0.15, 0.2) is 0 Å². The zero-order chi connectivity index (χ0) is 9.97. The van der Waals surface area contributed by atoms with Gasteiger partial charge in [-0.15, -0.1) is 0 Å². The molecule has 0 saturated heterocycles. The van der Waals surface area contributed by atoms with E-state index in [2.05, 4.69) is 5.48 Å². The quantitative estimate of drug-likeness (QED) is 0.699. The largest absolute Gasteiger partial charge is 0.274 e. The van der Waals surface area contributed by atoms with Crippen LogP contribution in [0.2, 0.25) is 0 Å². The van der Waals surface area contributed by atoms with Gasteiger partial charge in [0.1, 0.15) is 0 Å². The number of amides is 1. The van der Waals surface area contributed by atoms with Crippen LogP contribution >= 0.6 is 0 Å². The molecule has 0 aromatic carbocycles. The van der Waals surface area contributed by atoms with Crippen LogP contribution in [0.5, 0.6) is 0 Å². The van der Waals surface area contributed by atoms with E-state index < -0.39 is 0 Å². The molecule has 1 amide bonds. The van der Waals surface area contributed by atoms with Gasteiger partial charge in [-0.05, 0) is 43.9 Å². The third-order valence-corrected chi connectivity index (χ3v) is 3.66. The number of nitrogens with one attached hydrogen (secondary N) is 1. The Labute approximate surface area is 85.2 Å². The van der Waals surface area contributed by atoms with E-state index in [1.807, 2.05) is 6.92 Å². The fourth-order valence-corrected chi connectivity index (χ4v) is 3.06. The van der Waals surface area contributed by atoms with Crippen LogP contribution in [0, 0.1) is 17.8 Å². The van der Waals surface area contributed by atoms with Crippen LogP contribution in [0.3, 0.4) is 0 Å². The maximum absolute atomic E-state index is 11.4. The van der Waals surface area contributed by atoms with E-state index in [0.717, 1.165) is 11.8 Å². The number of carbonyl (C=O) groups excluding carboxylic acids is 1. The number of fused-ring (bicyclic) bond motifs is 2. The highest BCUT2D eigenvalue weighted by atomic mass is 16.6. The molecular formula is C11H19NO2. The minimum Gasteiger partial charge on any atom is -0.274 e. The molecule has 3 heteroatoms. The summed E-state index contributed by atoms with van der Waals surface area (Å²) in [4.78, 5) is 16.3. The Morgan fingerprint density at radius 2 is 2.29 bits per heavy atom. The normalized spacial score (nSPS) is 34.8. The number of hydrogen-bond donors (Lipinski definition) is 1. The van der Waals surface area contributed by atoms with Gasteiger partial charge < -0.3 is 0 Å². The summed E-state index contributed by atoms with van der Waals surface area (Å²) in [5.74, 6) is 2.44. The molecule has 14 heavy (non-hydrogen) atoms. The minimum absolute atomic E-state index is 0.0596. The zero-order valence-corrected chi connectivity index (χ0v) is 8.79. The van der Waals surface area contributed by atoms with Crippen molar-refractivity contribution in [1.29, 1.82) is 0 Å². The van der Waals surface area contributed by atoms with E-state index in [1.165, 1.54) is 25.7 Å². The second-order valence-electron chi connectivity index (χ2n) is 4.60. The van der Waals surface area contributed by atoms with Gasteiger partial charge in [-0.1, -0.05) is 6.42 Å². The number of carbonyl (C=O) groups is 1. The summed E-state index contributed by atoms with van der Waals surface area (Å²) < 4.78 is 0. The van der Waals surface area contributed by atoms with E-state index in [9.17, 15) is 4.79 Å². The Morgan fingerprint density at radius 1 is 1.43 bits per heavy atom. The third kappa shape index (κ3) is 2.08. The molecule has 3 atom stereocenters. The summed E-state index contributed by atoms with van der Waals surface area (Å²) in [6.45, 7) is 2.42. The van der Waals surface area contributed by atoms with Crippen molar-refractivity contribution in [2.24, 2.45) is 17.8 Å². The van der Waals surface area contributed by atoms with Crippen molar-refractivity contribution >= 4 is 5.91 Å². The summed E-state index contributed by atoms with van der Waals surface area (Å²) in [5, 5.41) is 0. The van der Waals surface area contributed by atoms with Crippen molar-refractivity contribution in [3.8, 4) is 0 Å². The van der Waals surface area contributed by atoms with Crippen LogP contribution in [-0.4, -0.2) is 12.5 Å². The topological polar surface area (TPSA) is 38.3 Å². The summed E-state index contributed by atoms with van der Waals surface area (Å²) in [6.07, 6.45) is 6.05. The van der Waals surface area contributed by atoms with Crippen LogP contribution in [0.25, 0.3) is 0 Å². The molecule has 2 aliphatic carbocycles. The van der Waals surface area contributed by atoms with Crippen LogP contribution in [0.4, 0.5) is 0 Å². The van der Waals surface area contributed by atoms with Crippen molar-refractivity contribution in [2.45, 2.75) is 39.0 Å². The van der Waals surface area contributed by atoms with Gasteiger partial charge in [-0.25, -0.2) is 5.48 Å². The van der Waals surface area contributed by atoms with Crippen molar-refractivity contribution < 1.29 is 9.63 Å². The first-order chi connectivity index (χ1) is 6.79. The lowest BCUT2D eigenvalue weighted by Crippen LogP contribution is -2.27. The molecule has 0 heterocycles. The molecule has 2 rings (SSSR count). The fraction of sp³-hybridized carbons (Fsp3) is 0.909. The predicted molar refractivity (Wildman–Crippen MR) is 53.3 cm³/mol. The highest BCUT2D eigenvalue weighted by Gasteiger charge is 2.40. The Bertz CT molecular complexity index is 217. The molecule has 0 aromatic heterocycles. The summed E-state index contributed by atoms with van der Waals surface area (Å²) in [5.41, 5.74) is 2.48. The van der Waals surface area contributed by atoms with E-state index in [1.54, 1.807) is 0 Å². The summed E-state index contributed by atoms with van der Waals surface area (Å²) in [6, 6.07) is 0. The van der Waals surface area contributed by atoms with Gasteiger partial charge in [0.05, 0.1) is 6.61 Å².